The number of rotatable bonds is 0. The van der Waals surface area contributed by atoms with Gasteiger partial charge in [0, 0.05) is 43.8 Å². The second-order valence-corrected chi connectivity index (χ2v) is 11.9. The Morgan fingerprint density at radius 3 is 1.23 bits per heavy atom. The molecule has 0 saturated carbocycles. The van der Waals surface area contributed by atoms with E-state index in [0.717, 1.165) is 21.9 Å². The molecule has 2 aliphatic heterocycles. The first kappa shape index (κ1) is 25.9. The van der Waals surface area contributed by atoms with Crippen LogP contribution in [0.1, 0.15) is 0 Å². The Labute approximate surface area is 267 Å². The monoisotopic (exact) mass is 650 g/mol. The summed E-state index contributed by atoms with van der Waals surface area (Å²) < 4.78 is 0. The summed E-state index contributed by atoms with van der Waals surface area (Å²) in [6.07, 6.45) is 0. The van der Waals surface area contributed by atoms with Crippen molar-refractivity contribution in [1.29, 1.82) is 0 Å². The number of nitrogens with one attached hydrogen (secondary N) is 2. The third-order valence-corrected chi connectivity index (χ3v) is 9.00. The number of halogens is 4. The van der Waals surface area contributed by atoms with Crippen molar-refractivity contribution < 1.29 is 0 Å². The molecule has 2 N–H and O–H groups in total. The Bertz CT molecular complexity index is 2390. The highest BCUT2D eigenvalue weighted by molar-refractivity contribution is 6.38. The SMILES string of the molecule is Clc1cccc2c1-c1nc-2nc2[nH]c(nc3nc(nc4[nH]c(n1)c1cccc(Cl)c41)-c1cccc(Cl)c1-3)c1cccc(Cl)c21. The minimum atomic E-state index is 0.393. The second-order valence-electron chi connectivity index (χ2n) is 10.3. The number of hydrogen-bond acceptors (Lipinski definition) is 6. The minimum Gasteiger partial charge on any atom is -0.324 e. The van der Waals surface area contributed by atoms with E-state index in [1.165, 1.54) is 0 Å². The average Bonchev–Trinajstić information content (AvgIpc) is 3.74. The fourth-order valence-corrected chi connectivity index (χ4v) is 6.86. The Hall–Kier alpha value is -4.60. The molecular weight excluding hydrogens is 638 g/mol. The van der Waals surface area contributed by atoms with Gasteiger partial charge < -0.3 is 9.97 Å². The van der Waals surface area contributed by atoms with Crippen LogP contribution in [0.25, 0.3) is 89.7 Å². The van der Waals surface area contributed by atoms with Crippen LogP contribution in [-0.4, -0.2) is 39.9 Å². The van der Waals surface area contributed by atoms with Crippen LogP contribution < -0.4 is 0 Å². The molecule has 0 atom stereocenters. The highest BCUT2D eigenvalue weighted by Crippen LogP contribution is 2.42. The van der Waals surface area contributed by atoms with Gasteiger partial charge in [0.2, 0.25) is 0 Å². The number of aromatic amines is 2. The maximum Gasteiger partial charge on any atom is 0.166 e. The van der Waals surface area contributed by atoms with Crippen LogP contribution in [0, 0.1) is 0 Å². The van der Waals surface area contributed by atoms with Gasteiger partial charge in [-0.1, -0.05) is 94.9 Å². The summed E-state index contributed by atoms with van der Waals surface area (Å²) in [7, 11) is 0. The van der Waals surface area contributed by atoms with E-state index < -0.39 is 0 Å². The number of aromatic nitrogens is 8. The quantitative estimate of drug-likeness (QED) is 0.169. The molecule has 3 aromatic heterocycles. The Balaban J connectivity index is 1.54. The summed E-state index contributed by atoms with van der Waals surface area (Å²) in [5.74, 6) is 1.63. The molecule has 9 rings (SSSR count). The predicted molar refractivity (Wildman–Crippen MR) is 176 cm³/mol. The van der Waals surface area contributed by atoms with E-state index in [9.17, 15) is 0 Å². The average molecular weight is 652 g/mol. The maximum absolute atomic E-state index is 6.74. The summed E-state index contributed by atoms with van der Waals surface area (Å²) in [5.41, 5.74) is 4.76. The summed E-state index contributed by atoms with van der Waals surface area (Å²) >= 11 is 27.0. The van der Waals surface area contributed by atoms with E-state index >= 15 is 0 Å². The molecule has 4 aromatic carbocycles. The van der Waals surface area contributed by atoms with Crippen LogP contribution in [0.2, 0.25) is 20.1 Å². The molecule has 7 aromatic rings. The van der Waals surface area contributed by atoms with Crippen molar-refractivity contribution in [2.75, 3.05) is 0 Å². The minimum absolute atomic E-state index is 0.393. The molecule has 5 heterocycles. The van der Waals surface area contributed by atoms with Gasteiger partial charge in [-0.25, -0.2) is 29.9 Å². The lowest BCUT2D eigenvalue weighted by atomic mass is 10.1. The van der Waals surface area contributed by atoms with E-state index in [-0.39, 0.29) is 0 Å². The summed E-state index contributed by atoms with van der Waals surface area (Å²) in [4.78, 5) is 36.2. The lowest BCUT2D eigenvalue weighted by Gasteiger charge is -2.00. The Kier molecular flexibility index (Phi) is 5.55. The maximum atomic E-state index is 6.74. The molecule has 0 fully saturated rings. The molecular formula is C32H14Cl4N8. The van der Waals surface area contributed by atoms with Crippen LogP contribution in [0.4, 0.5) is 0 Å². The van der Waals surface area contributed by atoms with Crippen molar-refractivity contribution in [3.8, 4) is 45.6 Å². The third-order valence-electron chi connectivity index (χ3n) is 7.74. The van der Waals surface area contributed by atoms with Crippen LogP contribution >= 0.6 is 46.4 Å². The molecule has 44 heavy (non-hydrogen) atoms. The van der Waals surface area contributed by atoms with Gasteiger partial charge in [0.05, 0.1) is 20.1 Å². The van der Waals surface area contributed by atoms with Gasteiger partial charge in [-0.2, -0.15) is 0 Å². The topological polar surface area (TPSA) is 109 Å². The molecule has 8 bridgehead atoms. The van der Waals surface area contributed by atoms with E-state index in [1.807, 2.05) is 48.5 Å². The van der Waals surface area contributed by atoms with Gasteiger partial charge in [-0.3, -0.25) is 0 Å². The molecule has 0 unspecified atom stereocenters. The molecule has 0 radical (unpaired) electrons. The van der Waals surface area contributed by atoms with Gasteiger partial charge in [-0.15, -0.1) is 0 Å². The molecule has 12 heteroatoms. The second kappa shape index (κ2) is 9.45. The fraction of sp³-hybridized carbons (Fsp3) is 0. The summed E-state index contributed by atoms with van der Waals surface area (Å²) in [6, 6.07) is 22.3. The largest absolute Gasteiger partial charge is 0.324 e. The van der Waals surface area contributed by atoms with Gasteiger partial charge in [0.25, 0.3) is 0 Å². The van der Waals surface area contributed by atoms with Crippen molar-refractivity contribution in [2.24, 2.45) is 0 Å². The Morgan fingerprint density at radius 1 is 0.386 bits per heavy atom. The zero-order chi connectivity index (χ0) is 29.7. The first-order chi connectivity index (χ1) is 21.4. The molecule has 210 valence electrons. The smallest absolute Gasteiger partial charge is 0.166 e. The number of hydrogen-bond donors (Lipinski definition) is 2. The summed E-state index contributed by atoms with van der Waals surface area (Å²) in [5, 5.41) is 4.89. The fourth-order valence-electron chi connectivity index (χ4n) is 5.82. The highest BCUT2D eigenvalue weighted by atomic mass is 35.5. The lowest BCUT2D eigenvalue weighted by Crippen LogP contribution is -1.84. The molecule has 2 aliphatic rings. The van der Waals surface area contributed by atoms with Gasteiger partial charge >= 0.3 is 0 Å². The van der Waals surface area contributed by atoms with Crippen molar-refractivity contribution in [2.45, 2.75) is 0 Å². The first-order valence-electron chi connectivity index (χ1n) is 13.4. The van der Waals surface area contributed by atoms with Crippen LogP contribution in [-0.2, 0) is 0 Å². The number of nitrogens with zero attached hydrogens (tertiary/aromatic N) is 6. The normalized spacial score (nSPS) is 12.1. The van der Waals surface area contributed by atoms with Gasteiger partial charge in [0.15, 0.2) is 23.3 Å². The first-order valence-corrected chi connectivity index (χ1v) is 14.9. The van der Waals surface area contributed by atoms with Gasteiger partial charge in [0.1, 0.15) is 22.6 Å². The number of fused-ring (bicyclic) bond motifs is 20. The van der Waals surface area contributed by atoms with E-state index in [1.54, 1.807) is 24.3 Å². The molecule has 0 spiro atoms. The predicted octanol–water partition coefficient (Wildman–Crippen LogP) is 9.48. The summed E-state index contributed by atoms with van der Waals surface area (Å²) in [6.45, 7) is 0. The van der Waals surface area contributed by atoms with Crippen LogP contribution in [0.5, 0.6) is 0 Å². The number of H-pyrrole nitrogens is 2. The van der Waals surface area contributed by atoms with Crippen molar-refractivity contribution in [3.63, 3.8) is 0 Å². The van der Waals surface area contributed by atoms with Crippen LogP contribution in [0.15, 0.2) is 72.8 Å². The zero-order valence-electron chi connectivity index (χ0n) is 22.1. The molecule has 0 amide bonds. The standard InChI is InChI=1S/C32H14Cl4N8/c33-17-9-1-5-13-21(17)29-37-25(13)41-30-22-14(6-2-10-18(22)34)27(38-30)43-32-24-16(8-4-12-20(24)36)28(40-32)44-31-23-15(26(39-31)42-29)7-3-11-19(23)35/h1-12H,(H2,37,38,39,40,41,42,43,44). The third kappa shape index (κ3) is 3.72. The number of benzene rings is 4. The van der Waals surface area contributed by atoms with E-state index in [0.29, 0.717) is 87.9 Å². The molecule has 8 nitrogen and oxygen atoms in total. The van der Waals surface area contributed by atoms with Crippen LogP contribution in [0.3, 0.4) is 0 Å². The van der Waals surface area contributed by atoms with E-state index in [2.05, 4.69) is 9.97 Å². The lowest BCUT2D eigenvalue weighted by molar-refractivity contribution is 1.19. The Morgan fingerprint density at radius 2 is 0.773 bits per heavy atom. The van der Waals surface area contributed by atoms with Crippen molar-refractivity contribution in [3.05, 3.63) is 92.9 Å². The van der Waals surface area contributed by atoms with E-state index in [4.69, 9.17) is 76.3 Å². The highest BCUT2D eigenvalue weighted by Gasteiger charge is 2.25. The van der Waals surface area contributed by atoms with Gasteiger partial charge in [-0.05, 0) is 24.3 Å². The molecule has 0 saturated heterocycles. The van der Waals surface area contributed by atoms with Crippen molar-refractivity contribution in [1.82, 2.24) is 39.9 Å². The van der Waals surface area contributed by atoms with Crippen molar-refractivity contribution >= 4 is 90.5 Å². The molecule has 0 aliphatic carbocycles. The zero-order valence-corrected chi connectivity index (χ0v) is 25.1.